The lowest BCUT2D eigenvalue weighted by Crippen LogP contribution is -2.01. The molecule has 0 saturated carbocycles. The van der Waals surface area contributed by atoms with E-state index in [1.54, 1.807) is 0 Å². The number of halogens is 1. The molecule has 0 fully saturated rings. The van der Waals surface area contributed by atoms with Gasteiger partial charge in [-0.25, -0.2) is 0 Å². The summed E-state index contributed by atoms with van der Waals surface area (Å²) in [6, 6.07) is 0. The van der Waals surface area contributed by atoms with E-state index >= 15 is 0 Å². The van der Waals surface area contributed by atoms with Crippen LogP contribution in [-0.4, -0.2) is 16.1 Å². The zero-order chi connectivity index (χ0) is 5.21. The Labute approximate surface area is 47.3 Å². The van der Waals surface area contributed by atoms with Crippen LogP contribution in [0.1, 0.15) is 13.8 Å². The summed E-state index contributed by atoms with van der Waals surface area (Å²) in [5, 5.41) is 0.446. The Morgan fingerprint density at radius 3 is 1.83 bits per heavy atom. The van der Waals surface area contributed by atoms with Crippen LogP contribution in [0.25, 0.3) is 0 Å². The SMILES string of the molecule is CC(C)([SiH3])CCl. The predicted octanol–water partition coefficient (Wildman–Crippen LogP) is 0.789. The minimum atomic E-state index is 0.446. The zero-order valence-electron chi connectivity index (χ0n) is 4.59. The van der Waals surface area contributed by atoms with Crippen LogP contribution in [-0.2, 0) is 0 Å². The molecule has 6 heavy (non-hydrogen) atoms. The quantitative estimate of drug-likeness (QED) is 0.357. The Kier molecular flexibility index (Phi) is 2.15. The fraction of sp³-hybridized carbons (Fsp3) is 1.00. The summed E-state index contributed by atoms with van der Waals surface area (Å²) in [6.07, 6.45) is 0. The monoisotopic (exact) mass is 122 g/mol. The van der Waals surface area contributed by atoms with E-state index in [1.165, 1.54) is 10.2 Å². The first-order chi connectivity index (χ1) is 2.56. The standard InChI is InChI=1S/C4H11ClSi/c1-4(2,6)3-5/h3H2,1-2,6H3. The van der Waals surface area contributed by atoms with E-state index in [2.05, 4.69) is 13.8 Å². The highest BCUT2D eigenvalue weighted by molar-refractivity contribution is 6.25. The Hall–Kier alpha value is 0.507. The van der Waals surface area contributed by atoms with E-state index < -0.39 is 0 Å². The highest BCUT2D eigenvalue weighted by Crippen LogP contribution is 2.18. The molecule has 0 unspecified atom stereocenters. The second-order valence-corrected chi connectivity index (χ2v) is 5.67. The van der Waals surface area contributed by atoms with Gasteiger partial charge >= 0.3 is 0 Å². The third-order valence-electron chi connectivity index (χ3n) is 0.401. The number of rotatable bonds is 1. The van der Waals surface area contributed by atoms with Crippen molar-refractivity contribution in [3.63, 3.8) is 0 Å². The van der Waals surface area contributed by atoms with Crippen molar-refractivity contribution in [2.24, 2.45) is 0 Å². The summed E-state index contributed by atoms with van der Waals surface area (Å²) in [5.41, 5.74) is 0. The Morgan fingerprint density at radius 1 is 1.67 bits per heavy atom. The van der Waals surface area contributed by atoms with Crippen molar-refractivity contribution in [3.8, 4) is 0 Å². The summed E-state index contributed by atoms with van der Waals surface area (Å²) in [5.74, 6) is 0.805. The molecule has 0 aromatic heterocycles. The molecule has 0 rings (SSSR count). The van der Waals surface area contributed by atoms with Crippen molar-refractivity contribution in [1.82, 2.24) is 0 Å². The predicted molar refractivity (Wildman–Crippen MR) is 34.7 cm³/mol. The summed E-state index contributed by atoms with van der Waals surface area (Å²) >= 11 is 5.51. The highest BCUT2D eigenvalue weighted by Gasteiger charge is 2.05. The van der Waals surface area contributed by atoms with E-state index in [9.17, 15) is 0 Å². The van der Waals surface area contributed by atoms with Gasteiger partial charge in [0.1, 0.15) is 0 Å². The molecule has 0 N–H and O–H groups in total. The lowest BCUT2D eigenvalue weighted by Gasteiger charge is -2.10. The molecule has 38 valence electrons. The summed E-state index contributed by atoms with van der Waals surface area (Å²) < 4.78 is 0. The van der Waals surface area contributed by atoms with Gasteiger partial charge < -0.3 is 0 Å². The average Bonchev–Trinajstić information content (AvgIpc) is 1.35. The molecule has 0 aromatic rings. The first kappa shape index (κ1) is 6.51. The molecule has 0 saturated heterocycles. The third-order valence-corrected chi connectivity index (χ3v) is 2.00. The molecule has 0 amide bonds. The van der Waals surface area contributed by atoms with Crippen LogP contribution in [0.2, 0.25) is 5.04 Å². The molecule has 2 heteroatoms. The molecule has 0 bridgehead atoms. The van der Waals surface area contributed by atoms with Gasteiger partial charge in [0.2, 0.25) is 0 Å². The largest absolute Gasteiger partial charge is 0.126 e. The van der Waals surface area contributed by atoms with Crippen molar-refractivity contribution in [3.05, 3.63) is 0 Å². The van der Waals surface area contributed by atoms with Gasteiger partial charge in [-0.15, -0.1) is 11.6 Å². The molecule has 0 aliphatic heterocycles. The first-order valence-corrected chi connectivity index (χ1v) is 3.66. The van der Waals surface area contributed by atoms with Gasteiger partial charge in [0.15, 0.2) is 0 Å². The van der Waals surface area contributed by atoms with Crippen LogP contribution in [0, 0.1) is 0 Å². The Morgan fingerprint density at radius 2 is 1.83 bits per heavy atom. The summed E-state index contributed by atoms with van der Waals surface area (Å²) in [7, 11) is 1.20. The van der Waals surface area contributed by atoms with E-state index in [0.717, 1.165) is 5.88 Å². The van der Waals surface area contributed by atoms with Gasteiger partial charge in [0, 0.05) is 16.1 Å². The van der Waals surface area contributed by atoms with Gasteiger partial charge in [0.05, 0.1) is 0 Å². The highest BCUT2D eigenvalue weighted by atomic mass is 35.5. The lowest BCUT2D eigenvalue weighted by molar-refractivity contribution is 0.775. The average molecular weight is 123 g/mol. The van der Waals surface area contributed by atoms with Crippen LogP contribution < -0.4 is 0 Å². The third kappa shape index (κ3) is 4.51. The van der Waals surface area contributed by atoms with Crippen molar-refractivity contribution < 1.29 is 0 Å². The molecule has 0 radical (unpaired) electrons. The van der Waals surface area contributed by atoms with Gasteiger partial charge in [-0.2, -0.15) is 0 Å². The van der Waals surface area contributed by atoms with E-state index in [1.807, 2.05) is 0 Å². The fourth-order valence-electron chi connectivity index (χ4n) is 0. The lowest BCUT2D eigenvalue weighted by atomic mass is 10.2. The molecule has 0 aliphatic rings. The van der Waals surface area contributed by atoms with Gasteiger partial charge in [-0.3, -0.25) is 0 Å². The molecule has 0 aromatic carbocycles. The number of hydrogen-bond acceptors (Lipinski definition) is 0. The zero-order valence-corrected chi connectivity index (χ0v) is 7.34. The summed E-state index contributed by atoms with van der Waals surface area (Å²) in [4.78, 5) is 0. The summed E-state index contributed by atoms with van der Waals surface area (Å²) in [6.45, 7) is 4.35. The van der Waals surface area contributed by atoms with Gasteiger partial charge in [0.25, 0.3) is 0 Å². The minimum Gasteiger partial charge on any atom is -0.126 e. The molecular weight excluding hydrogens is 112 g/mol. The smallest absolute Gasteiger partial charge is 0.0241 e. The molecule has 0 atom stereocenters. The topological polar surface area (TPSA) is 0 Å². The number of alkyl halides is 1. The van der Waals surface area contributed by atoms with Crippen LogP contribution in [0.3, 0.4) is 0 Å². The Balaban J connectivity index is 3.17. The van der Waals surface area contributed by atoms with Crippen molar-refractivity contribution in [1.29, 1.82) is 0 Å². The van der Waals surface area contributed by atoms with Crippen molar-refractivity contribution in [2.45, 2.75) is 18.9 Å². The minimum absolute atomic E-state index is 0.446. The van der Waals surface area contributed by atoms with Crippen molar-refractivity contribution in [2.75, 3.05) is 5.88 Å². The molecular formula is C4H11ClSi. The molecule has 0 spiro atoms. The van der Waals surface area contributed by atoms with Gasteiger partial charge in [-0.1, -0.05) is 13.8 Å². The van der Waals surface area contributed by atoms with Crippen molar-refractivity contribution >= 4 is 21.8 Å². The van der Waals surface area contributed by atoms with E-state index in [-0.39, 0.29) is 0 Å². The Bertz CT molecular complexity index is 37.3. The van der Waals surface area contributed by atoms with E-state index in [0.29, 0.717) is 5.04 Å². The maximum absolute atomic E-state index is 5.51. The van der Waals surface area contributed by atoms with Crippen LogP contribution in [0.5, 0.6) is 0 Å². The number of hydrogen-bond donors (Lipinski definition) is 0. The van der Waals surface area contributed by atoms with Crippen LogP contribution >= 0.6 is 11.6 Å². The van der Waals surface area contributed by atoms with Crippen LogP contribution in [0.4, 0.5) is 0 Å². The van der Waals surface area contributed by atoms with Crippen LogP contribution in [0.15, 0.2) is 0 Å². The second kappa shape index (κ2) is 1.98. The maximum Gasteiger partial charge on any atom is 0.0241 e. The second-order valence-electron chi connectivity index (χ2n) is 2.69. The van der Waals surface area contributed by atoms with E-state index in [4.69, 9.17) is 11.6 Å². The van der Waals surface area contributed by atoms with Gasteiger partial charge in [-0.05, 0) is 5.04 Å². The normalized spacial score (nSPS) is 12.5. The molecule has 0 nitrogen and oxygen atoms in total. The molecule has 0 heterocycles. The fourth-order valence-corrected chi connectivity index (χ4v) is 0. The molecule has 0 aliphatic carbocycles. The maximum atomic E-state index is 5.51. The first-order valence-electron chi connectivity index (χ1n) is 2.12.